The zero-order chi connectivity index (χ0) is 15.0. The molecule has 0 aliphatic heterocycles. The summed E-state index contributed by atoms with van der Waals surface area (Å²) in [5.41, 5.74) is 11.8. The number of rotatable bonds is 2. The van der Waals surface area contributed by atoms with Gasteiger partial charge in [0.25, 0.3) is 0 Å². The van der Waals surface area contributed by atoms with Gasteiger partial charge in [0.15, 0.2) is 0 Å². The molecule has 0 unspecified atom stereocenters. The highest BCUT2D eigenvalue weighted by atomic mass is 35.5. The number of hydrogen-bond donors (Lipinski definition) is 1. The molecule has 0 aromatic heterocycles. The third-order valence-corrected chi connectivity index (χ3v) is 5.83. The van der Waals surface area contributed by atoms with Gasteiger partial charge in [-0.25, -0.2) is 0 Å². The summed E-state index contributed by atoms with van der Waals surface area (Å²) in [4.78, 5) is 0. The fraction of sp³-hybridized carbons (Fsp3) is 0.667. The second-order valence-corrected chi connectivity index (χ2v) is 7.11. The summed E-state index contributed by atoms with van der Waals surface area (Å²) in [5, 5.41) is 0.822. The Morgan fingerprint density at radius 1 is 1.00 bits per heavy atom. The summed E-state index contributed by atoms with van der Waals surface area (Å²) in [6, 6.07) is 0. The molecule has 0 atom stereocenters. The van der Waals surface area contributed by atoms with Crippen molar-refractivity contribution in [2.24, 2.45) is 5.73 Å². The third kappa shape index (κ3) is 2.47. The number of benzene rings is 1. The largest absolute Gasteiger partial charge is 0.495 e. The van der Waals surface area contributed by atoms with Gasteiger partial charge >= 0.3 is 0 Å². The SMILES string of the molecule is COc1c(Cl)c2c(c(C)c1C1(N)CCCCC1)CCCC2. The molecular weight excluding hydrogens is 282 g/mol. The van der Waals surface area contributed by atoms with Crippen molar-refractivity contribution < 1.29 is 4.74 Å². The molecule has 1 aromatic rings. The molecule has 116 valence electrons. The van der Waals surface area contributed by atoms with Gasteiger partial charge in [-0.1, -0.05) is 30.9 Å². The Balaban J connectivity index is 2.21. The first-order chi connectivity index (χ1) is 10.1. The molecule has 0 heterocycles. The van der Waals surface area contributed by atoms with Gasteiger partial charge in [0.1, 0.15) is 5.75 Å². The van der Waals surface area contributed by atoms with Crippen molar-refractivity contribution in [3.63, 3.8) is 0 Å². The van der Waals surface area contributed by atoms with E-state index in [0.717, 1.165) is 36.5 Å². The van der Waals surface area contributed by atoms with E-state index in [4.69, 9.17) is 22.1 Å². The van der Waals surface area contributed by atoms with E-state index in [1.807, 2.05) is 0 Å². The third-order valence-electron chi connectivity index (χ3n) is 5.43. The fourth-order valence-electron chi connectivity index (χ4n) is 4.35. The van der Waals surface area contributed by atoms with E-state index in [1.54, 1.807) is 7.11 Å². The van der Waals surface area contributed by atoms with Crippen molar-refractivity contribution >= 4 is 11.6 Å². The predicted molar refractivity (Wildman–Crippen MR) is 88.3 cm³/mol. The average Bonchev–Trinajstić information content (AvgIpc) is 2.51. The van der Waals surface area contributed by atoms with Gasteiger partial charge in [-0.2, -0.15) is 0 Å². The van der Waals surface area contributed by atoms with Crippen LogP contribution in [0.15, 0.2) is 0 Å². The maximum absolute atomic E-state index is 6.82. The second-order valence-electron chi connectivity index (χ2n) is 6.73. The maximum Gasteiger partial charge on any atom is 0.143 e. The quantitative estimate of drug-likeness (QED) is 0.863. The zero-order valence-corrected chi connectivity index (χ0v) is 14.0. The topological polar surface area (TPSA) is 35.2 Å². The van der Waals surface area contributed by atoms with E-state index in [-0.39, 0.29) is 5.54 Å². The Hall–Kier alpha value is -0.730. The van der Waals surface area contributed by atoms with Crippen molar-refractivity contribution in [1.29, 1.82) is 0 Å². The highest BCUT2D eigenvalue weighted by molar-refractivity contribution is 6.33. The molecule has 3 rings (SSSR count). The van der Waals surface area contributed by atoms with Crippen LogP contribution in [0.1, 0.15) is 67.2 Å². The van der Waals surface area contributed by atoms with Gasteiger partial charge in [-0.15, -0.1) is 0 Å². The van der Waals surface area contributed by atoms with Gasteiger partial charge in [0, 0.05) is 11.1 Å². The van der Waals surface area contributed by atoms with Crippen molar-refractivity contribution in [1.82, 2.24) is 0 Å². The summed E-state index contributed by atoms with van der Waals surface area (Å²) in [5.74, 6) is 0.846. The van der Waals surface area contributed by atoms with Crippen LogP contribution in [0.2, 0.25) is 5.02 Å². The normalized spacial score (nSPS) is 21.0. The van der Waals surface area contributed by atoms with Crippen molar-refractivity contribution in [2.75, 3.05) is 7.11 Å². The van der Waals surface area contributed by atoms with Gasteiger partial charge in [0.2, 0.25) is 0 Å². The minimum atomic E-state index is -0.260. The molecule has 1 saturated carbocycles. The van der Waals surface area contributed by atoms with E-state index < -0.39 is 0 Å². The average molecular weight is 308 g/mol. The summed E-state index contributed by atoms with van der Waals surface area (Å²) in [6.07, 6.45) is 10.5. The lowest BCUT2D eigenvalue weighted by Crippen LogP contribution is -2.40. The molecule has 0 radical (unpaired) electrons. The maximum atomic E-state index is 6.82. The van der Waals surface area contributed by atoms with Gasteiger partial charge in [-0.3, -0.25) is 0 Å². The van der Waals surface area contributed by atoms with Crippen LogP contribution in [-0.4, -0.2) is 7.11 Å². The van der Waals surface area contributed by atoms with E-state index in [1.165, 1.54) is 54.4 Å². The smallest absolute Gasteiger partial charge is 0.143 e. The first-order valence-electron chi connectivity index (χ1n) is 8.25. The minimum Gasteiger partial charge on any atom is -0.495 e. The lowest BCUT2D eigenvalue weighted by molar-refractivity contribution is 0.287. The van der Waals surface area contributed by atoms with Crippen LogP contribution in [0, 0.1) is 6.92 Å². The monoisotopic (exact) mass is 307 g/mol. The molecule has 3 heteroatoms. The highest BCUT2D eigenvalue weighted by Gasteiger charge is 2.36. The number of nitrogens with two attached hydrogens (primary N) is 1. The summed E-state index contributed by atoms with van der Waals surface area (Å²) in [6.45, 7) is 2.22. The first kappa shape index (κ1) is 15.2. The molecule has 21 heavy (non-hydrogen) atoms. The molecule has 2 aliphatic carbocycles. The van der Waals surface area contributed by atoms with Crippen LogP contribution in [0.4, 0.5) is 0 Å². The van der Waals surface area contributed by atoms with Gasteiger partial charge < -0.3 is 10.5 Å². The minimum absolute atomic E-state index is 0.260. The van der Waals surface area contributed by atoms with Crippen molar-refractivity contribution in [3.05, 3.63) is 27.3 Å². The van der Waals surface area contributed by atoms with Gasteiger partial charge in [0.05, 0.1) is 12.1 Å². The molecule has 2 N–H and O–H groups in total. The molecule has 2 aliphatic rings. The highest BCUT2D eigenvalue weighted by Crippen LogP contribution is 2.48. The molecular formula is C18H26ClNO. The second kappa shape index (κ2) is 5.81. The van der Waals surface area contributed by atoms with Crippen molar-refractivity contribution in [3.8, 4) is 5.75 Å². The molecule has 1 aromatic carbocycles. The lowest BCUT2D eigenvalue weighted by atomic mass is 9.73. The van der Waals surface area contributed by atoms with E-state index in [0.29, 0.717) is 0 Å². The zero-order valence-electron chi connectivity index (χ0n) is 13.2. The summed E-state index contributed by atoms with van der Waals surface area (Å²) in [7, 11) is 1.73. The standard InChI is InChI=1S/C18H26ClNO/c1-12-13-8-4-5-9-14(13)16(19)17(21-2)15(12)18(20)10-6-3-7-11-18/h3-11,20H2,1-2H3. The number of halogens is 1. The van der Waals surface area contributed by atoms with Crippen LogP contribution in [0.5, 0.6) is 5.75 Å². The fourth-order valence-corrected chi connectivity index (χ4v) is 4.73. The molecule has 0 amide bonds. The van der Waals surface area contributed by atoms with Crippen LogP contribution >= 0.6 is 11.6 Å². The number of fused-ring (bicyclic) bond motifs is 1. The Bertz CT molecular complexity index is 547. The predicted octanol–water partition coefficient (Wildman–Crippen LogP) is 4.65. The van der Waals surface area contributed by atoms with E-state index in [2.05, 4.69) is 6.92 Å². The van der Waals surface area contributed by atoms with Crippen LogP contribution in [0.25, 0.3) is 0 Å². The van der Waals surface area contributed by atoms with Gasteiger partial charge in [-0.05, 0) is 62.1 Å². The Morgan fingerprint density at radius 2 is 1.62 bits per heavy atom. The first-order valence-corrected chi connectivity index (χ1v) is 8.63. The van der Waals surface area contributed by atoms with E-state index in [9.17, 15) is 0 Å². The van der Waals surface area contributed by atoms with Crippen LogP contribution in [-0.2, 0) is 18.4 Å². The number of methoxy groups -OCH3 is 1. The summed E-state index contributed by atoms with van der Waals surface area (Å²) >= 11 is 6.70. The van der Waals surface area contributed by atoms with Crippen LogP contribution in [0.3, 0.4) is 0 Å². The summed E-state index contributed by atoms with van der Waals surface area (Å²) < 4.78 is 5.73. The molecule has 0 saturated heterocycles. The Kier molecular flexibility index (Phi) is 4.20. The Labute approximate surface area is 133 Å². The van der Waals surface area contributed by atoms with Crippen molar-refractivity contribution in [2.45, 2.75) is 70.3 Å². The van der Waals surface area contributed by atoms with Crippen LogP contribution < -0.4 is 10.5 Å². The Morgan fingerprint density at radius 3 is 2.24 bits per heavy atom. The molecule has 1 fully saturated rings. The molecule has 0 spiro atoms. The lowest BCUT2D eigenvalue weighted by Gasteiger charge is -2.38. The van der Waals surface area contributed by atoms with E-state index >= 15 is 0 Å². The number of ether oxygens (including phenoxy) is 1. The molecule has 0 bridgehead atoms. The number of hydrogen-bond acceptors (Lipinski definition) is 2. The molecule has 2 nitrogen and oxygen atoms in total.